The van der Waals surface area contributed by atoms with Gasteiger partial charge in [-0.25, -0.2) is 0 Å². The lowest BCUT2D eigenvalue weighted by molar-refractivity contribution is -0.131. The first kappa shape index (κ1) is 9.52. The van der Waals surface area contributed by atoms with Crippen LogP contribution in [0, 0.1) is 0 Å². The van der Waals surface area contributed by atoms with Crippen LogP contribution in [0.25, 0.3) is 0 Å². The lowest BCUT2D eigenvalue weighted by Crippen LogP contribution is -2.35. The molecule has 1 saturated heterocycles. The minimum atomic E-state index is 0.300. The summed E-state index contributed by atoms with van der Waals surface area (Å²) in [5.41, 5.74) is 0. The highest BCUT2D eigenvalue weighted by atomic mass is 16.2. The van der Waals surface area contributed by atoms with Gasteiger partial charge in [0, 0.05) is 25.6 Å². The van der Waals surface area contributed by atoms with Gasteiger partial charge < -0.3 is 10.2 Å². The molecule has 0 aliphatic carbocycles. The second-order valence-corrected chi connectivity index (χ2v) is 3.43. The van der Waals surface area contributed by atoms with Crippen LogP contribution in [0.3, 0.4) is 0 Å². The Balaban J connectivity index is 2.30. The smallest absolute Gasteiger partial charge is 0.224 e. The number of likely N-dealkylation sites (tertiary alicyclic amines) is 1. The van der Waals surface area contributed by atoms with Gasteiger partial charge in [0.2, 0.25) is 5.91 Å². The molecular weight excluding hydrogens is 152 g/mol. The summed E-state index contributed by atoms with van der Waals surface area (Å²) in [6.07, 6.45) is 2.98. The molecule has 1 amide bonds. The molecule has 1 atom stereocenters. The SMILES string of the molecule is CNCCC(=O)N1CCCC1C. The van der Waals surface area contributed by atoms with E-state index in [0.29, 0.717) is 18.4 Å². The van der Waals surface area contributed by atoms with Crippen LogP contribution in [0.4, 0.5) is 0 Å². The third-order valence-corrected chi connectivity index (χ3v) is 2.46. The molecule has 3 nitrogen and oxygen atoms in total. The summed E-state index contributed by atoms with van der Waals surface area (Å²) < 4.78 is 0. The fourth-order valence-electron chi connectivity index (χ4n) is 1.68. The van der Waals surface area contributed by atoms with E-state index in [0.717, 1.165) is 13.1 Å². The number of rotatable bonds is 3. The highest BCUT2D eigenvalue weighted by molar-refractivity contribution is 5.76. The number of nitrogens with zero attached hydrogens (tertiary/aromatic N) is 1. The van der Waals surface area contributed by atoms with Crippen LogP contribution in [0.15, 0.2) is 0 Å². The molecule has 1 N–H and O–H groups in total. The summed E-state index contributed by atoms with van der Waals surface area (Å²) in [5, 5.41) is 2.99. The molecule has 0 spiro atoms. The first-order valence-corrected chi connectivity index (χ1v) is 4.69. The summed E-state index contributed by atoms with van der Waals surface area (Å²) in [7, 11) is 1.88. The molecule has 1 aliphatic rings. The van der Waals surface area contributed by atoms with Crippen LogP contribution in [0.5, 0.6) is 0 Å². The van der Waals surface area contributed by atoms with E-state index in [9.17, 15) is 4.79 Å². The van der Waals surface area contributed by atoms with Gasteiger partial charge in [0.1, 0.15) is 0 Å². The molecule has 1 heterocycles. The Kier molecular flexibility index (Phi) is 3.53. The summed E-state index contributed by atoms with van der Waals surface area (Å²) in [6, 6.07) is 0.467. The molecule has 1 aliphatic heterocycles. The van der Waals surface area contributed by atoms with Crippen molar-refractivity contribution in [2.24, 2.45) is 0 Å². The molecule has 0 saturated carbocycles. The number of carbonyl (C=O) groups excluding carboxylic acids is 1. The third kappa shape index (κ3) is 2.21. The predicted octanol–water partition coefficient (Wildman–Crippen LogP) is 0.607. The van der Waals surface area contributed by atoms with Crippen molar-refractivity contribution in [1.82, 2.24) is 10.2 Å². The van der Waals surface area contributed by atoms with Gasteiger partial charge in [-0.2, -0.15) is 0 Å². The van der Waals surface area contributed by atoms with Crippen molar-refractivity contribution in [3.63, 3.8) is 0 Å². The van der Waals surface area contributed by atoms with Crippen molar-refractivity contribution >= 4 is 5.91 Å². The molecule has 0 aromatic carbocycles. The second-order valence-electron chi connectivity index (χ2n) is 3.43. The van der Waals surface area contributed by atoms with Gasteiger partial charge in [-0.3, -0.25) is 4.79 Å². The standard InChI is InChI=1S/C9H18N2O/c1-8-4-3-7-11(8)9(12)5-6-10-2/h8,10H,3-7H2,1-2H3. The van der Waals surface area contributed by atoms with Gasteiger partial charge in [-0.1, -0.05) is 0 Å². The fourth-order valence-corrected chi connectivity index (χ4v) is 1.68. The third-order valence-electron chi connectivity index (χ3n) is 2.46. The van der Waals surface area contributed by atoms with Crippen LogP contribution in [-0.4, -0.2) is 37.0 Å². The molecule has 1 rings (SSSR count). The highest BCUT2D eigenvalue weighted by Gasteiger charge is 2.23. The molecule has 12 heavy (non-hydrogen) atoms. The zero-order valence-corrected chi connectivity index (χ0v) is 7.97. The van der Waals surface area contributed by atoms with E-state index in [4.69, 9.17) is 0 Å². The van der Waals surface area contributed by atoms with Gasteiger partial charge in [-0.15, -0.1) is 0 Å². The maximum atomic E-state index is 11.5. The Hall–Kier alpha value is -0.570. The normalized spacial score (nSPS) is 23.2. The summed E-state index contributed by atoms with van der Waals surface area (Å²) in [4.78, 5) is 13.5. The van der Waals surface area contributed by atoms with Crippen molar-refractivity contribution in [3.05, 3.63) is 0 Å². The number of nitrogens with one attached hydrogen (secondary N) is 1. The Morgan fingerprint density at radius 1 is 1.67 bits per heavy atom. The van der Waals surface area contributed by atoms with Crippen LogP contribution in [0.1, 0.15) is 26.2 Å². The molecule has 1 fully saturated rings. The topological polar surface area (TPSA) is 32.3 Å². The van der Waals surface area contributed by atoms with Crippen molar-refractivity contribution in [2.75, 3.05) is 20.1 Å². The molecule has 0 bridgehead atoms. The Morgan fingerprint density at radius 2 is 2.42 bits per heavy atom. The van der Waals surface area contributed by atoms with Crippen LogP contribution >= 0.6 is 0 Å². The predicted molar refractivity (Wildman–Crippen MR) is 49.0 cm³/mol. The van der Waals surface area contributed by atoms with Gasteiger partial charge >= 0.3 is 0 Å². The number of amides is 1. The Labute approximate surface area is 74.1 Å². The molecule has 3 heteroatoms. The maximum absolute atomic E-state index is 11.5. The summed E-state index contributed by atoms with van der Waals surface area (Å²) >= 11 is 0. The fraction of sp³-hybridized carbons (Fsp3) is 0.889. The Bertz CT molecular complexity index is 159. The summed E-state index contributed by atoms with van der Waals surface area (Å²) in [5.74, 6) is 0.300. The number of carbonyl (C=O) groups is 1. The average molecular weight is 170 g/mol. The molecule has 0 aromatic rings. The Morgan fingerprint density at radius 3 is 2.92 bits per heavy atom. The van der Waals surface area contributed by atoms with Crippen LogP contribution in [0.2, 0.25) is 0 Å². The zero-order chi connectivity index (χ0) is 8.97. The van der Waals surface area contributed by atoms with Crippen LogP contribution < -0.4 is 5.32 Å². The molecule has 1 unspecified atom stereocenters. The lowest BCUT2D eigenvalue weighted by atomic mass is 10.2. The number of hydrogen-bond donors (Lipinski definition) is 1. The van der Waals surface area contributed by atoms with Crippen LogP contribution in [-0.2, 0) is 4.79 Å². The average Bonchev–Trinajstić information content (AvgIpc) is 2.47. The quantitative estimate of drug-likeness (QED) is 0.673. The van der Waals surface area contributed by atoms with E-state index in [1.165, 1.54) is 12.8 Å². The van der Waals surface area contributed by atoms with E-state index in [1.54, 1.807) is 0 Å². The van der Waals surface area contributed by atoms with Gasteiger partial charge in [-0.05, 0) is 26.8 Å². The molecular formula is C9H18N2O. The van der Waals surface area contributed by atoms with Crippen molar-refractivity contribution < 1.29 is 4.79 Å². The van der Waals surface area contributed by atoms with Gasteiger partial charge in [0.15, 0.2) is 0 Å². The van der Waals surface area contributed by atoms with Gasteiger partial charge in [0.05, 0.1) is 0 Å². The largest absolute Gasteiger partial charge is 0.340 e. The molecule has 0 aromatic heterocycles. The summed E-state index contributed by atoms with van der Waals surface area (Å²) in [6.45, 7) is 3.88. The monoisotopic (exact) mass is 170 g/mol. The van der Waals surface area contributed by atoms with E-state index >= 15 is 0 Å². The maximum Gasteiger partial charge on any atom is 0.224 e. The first-order chi connectivity index (χ1) is 5.75. The minimum absolute atomic E-state index is 0.300. The second kappa shape index (κ2) is 4.45. The van der Waals surface area contributed by atoms with E-state index < -0.39 is 0 Å². The molecule has 0 radical (unpaired) electrons. The minimum Gasteiger partial charge on any atom is -0.340 e. The van der Waals surface area contributed by atoms with E-state index in [2.05, 4.69) is 12.2 Å². The first-order valence-electron chi connectivity index (χ1n) is 4.69. The van der Waals surface area contributed by atoms with Crippen molar-refractivity contribution in [2.45, 2.75) is 32.2 Å². The van der Waals surface area contributed by atoms with E-state index in [-0.39, 0.29) is 0 Å². The highest BCUT2D eigenvalue weighted by Crippen LogP contribution is 2.16. The lowest BCUT2D eigenvalue weighted by Gasteiger charge is -2.21. The zero-order valence-electron chi connectivity index (χ0n) is 7.97. The van der Waals surface area contributed by atoms with E-state index in [1.807, 2.05) is 11.9 Å². The van der Waals surface area contributed by atoms with Crippen molar-refractivity contribution in [1.29, 1.82) is 0 Å². The molecule has 70 valence electrons. The van der Waals surface area contributed by atoms with Gasteiger partial charge in [0.25, 0.3) is 0 Å². The number of hydrogen-bond acceptors (Lipinski definition) is 2. The van der Waals surface area contributed by atoms with Crippen molar-refractivity contribution in [3.8, 4) is 0 Å².